The molecular weight excluding hydrogens is 278 g/mol. The van der Waals surface area contributed by atoms with Gasteiger partial charge in [0, 0.05) is 16.1 Å². The van der Waals surface area contributed by atoms with Gasteiger partial charge >= 0.3 is 0 Å². The summed E-state index contributed by atoms with van der Waals surface area (Å²) < 4.78 is 2.10. The number of rotatable bonds is 3. The summed E-state index contributed by atoms with van der Waals surface area (Å²) in [5.74, 6) is 1.29. The van der Waals surface area contributed by atoms with E-state index < -0.39 is 0 Å². The molecule has 0 aliphatic rings. The number of anilines is 1. The highest BCUT2D eigenvalue weighted by atomic mass is 32.1. The molecule has 0 unspecified atom stereocenters. The van der Waals surface area contributed by atoms with E-state index in [1.54, 1.807) is 11.3 Å². The zero-order valence-electron chi connectivity index (χ0n) is 13.0. The molecule has 21 heavy (non-hydrogen) atoms. The van der Waals surface area contributed by atoms with Crippen LogP contribution in [0.3, 0.4) is 0 Å². The van der Waals surface area contributed by atoms with Crippen molar-refractivity contribution in [2.24, 2.45) is 0 Å². The molecule has 3 nitrogen and oxygen atoms in total. The summed E-state index contributed by atoms with van der Waals surface area (Å²) in [6.45, 7) is 8.69. The lowest BCUT2D eigenvalue weighted by molar-refractivity contribution is 0.867. The van der Waals surface area contributed by atoms with Crippen LogP contribution in [0.2, 0.25) is 0 Å². The smallest absolute Gasteiger partial charge is 0.196 e. The van der Waals surface area contributed by atoms with Crippen LogP contribution >= 0.6 is 11.3 Å². The monoisotopic (exact) mass is 299 g/mol. The Bertz CT molecular complexity index is 779. The van der Waals surface area contributed by atoms with Gasteiger partial charge in [0.05, 0.1) is 0 Å². The van der Waals surface area contributed by atoms with Gasteiger partial charge in [-0.05, 0) is 24.8 Å². The number of hydrogen-bond acceptors (Lipinski definition) is 3. The maximum Gasteiger partial charge on any atom is 0.196 e. The molecule has 0 atom stereocenters. The molecular formula is C17H21N3S. The first-order valence-electron chi connectivity index (χ1n) is 7.39. The van der Waals surface area contributed by atoms with E-state index in [0.29, 0.717) is 5.92 Å². The van der Waals surface area contributed by atoms with E-state index in [-0.39, 0.29) is 0 Å². The molecule has 0 radical (unpaired) electrons. The first-order valence-corrected chi connectivity index (χ1v) is 8.21. The molecule has 4 heteroatoms. The third-order valence-electron chi connectivity index (χ3n) is 3.99. The summed E-state index contributed by atoms with van der Waals surface area (Å²) in [5.41, 5.74) is 11.0. The Labute approximate surface area is 129 Å². The van der Waals surface area contributed by atoms with Gasteiger partial charge in [0.1, 0.15) is 11.5 Å². The molecule has 0 fully saturated rings. The predicted octanol–water partition coefficient (Wildman–Crippen LogP) is 4.64. The number of nitrogens with two attached hydrogens (primary N) is 1. The fourth-order valence-corrected chi connectivity index (χ4v) is 3.80. The van der Waals surface area contributed by atoms with Crippen molar-refractivity contribution in [2.45, 2.75) is 40.0 Å². The third-order valence-corrected chi connectivity index (χ3v) is 4.99. The minimum atomic E-state index is 0.538. The van der Waals surface area contributed by atoms with Gasteiger partial charge < -0.3 is 5.73 Å². The largest absolute Gasteiger partial charge is 0.383 e. The van der Waals surface area contributed by atoms with Gasteiger partial charge in [0.15, 0.2) is 4.96 Å². The van der Waals surface area contributed by atoms with E-state index in [9.17, 15) is 0 Å². The standard InChI is InChI=1S/C17H21N3S/c1-5-14-11(4)21-17-19-15(16(18)20(14)17)13-8-6-12(7-9-13)10(2)3/h6-10H,5,18H2,1-4H3. The van der Waals surface area contributed by atoms with Crippen molar-refractivity contribution in [1.29, 1.82) is 0 Å². The van der Waals surface area contributed by atoms with Crippen molar-refractivity contribution >= 4 is 22.1 Å². The Morgan fingerprint density at radius 2 is 1.90 bits per heavy atom. The Morgan fingerprint density at radius 3 is 2.48 bits per heavy atom. The minimum absolute atomic E-state index is 0.538. The quantitative estimate of drug-likeness (QED) is 0.765. The predicted molar refractivity (Wildman–Crippen MR) is 91.1 cm³/mol. The second-order valence-corrected chi connectivity index (χ2v) is 6.88. The molecule has 2 heterocycles. The van der Waals surface area contributed by atoms with E-state index >= 15 is 0 Å². The SMILES string of the molecule is CCc1c(C)sc2nc(-c3ccc(C(C)C)cc3)c(N)n12. The van der Waals surface area contributed by atoms with Gasteiger partial charge in [0.2, 0.25) is 0 Å². The van der Waals surface area contributed by atoms with E-state index in [1.165, 1.54) is 16.1 Å². The summed E-state index contributed by atoms with van der Waals surface area (Å²) in [7, 11) is 0. The molecule has 0 bridgehead atoms. The Kier molecular flexibility index (Phi) is 3.49. The molecule has 3 rings (SSSR count). The van der Waals surface area contributed by atoms with Gasteiger partial charge in [-0.15, -0.1) is 11.3 Å². The number of aryl methyl sites for hydroxylation is 2. The van der Waals surface area contributed by atoms with Crippen LogP contribution in [0.15, 0.2) is 24.3 Å². The van der Waals surface area contributed by atoms with Gasteiger partial charge in [-0.2, -0.15) is 0 Å². The highest BCUT2D eigenvalue weighted by molar-refractivity contribution is 7.17. The second kappa shape index (κ2) is 5.19. The topological polar surface area (TPSA) is 43.3 Å². The molecule has 0 spiro atoms. The average molecular weight is 299 g/mol. The van der Waals surface area contributed by atoms with E-state index in [1.807, 2.05) is 0 Å². The van der Waals surface area contributed by atoms with Crippen LogP contribution in [0.4, 0.5) is 5.82 Å². The van der Waals surface area contributed by atoms with Crippen molar-refractivity contribution < 1.29 is 0 Å². The summed E-state index contributed by atoms with van der Waals surface area (Å²) in [6, 6.07) is 8.57. The fourth-order valence-electron chi connectivity index (χ4n) is 2.74. The molecule has 110 valence electrons. The molecule has 3 aromatic rings. The number of imidazole rings is 1. The zero-order valence-corrected chi connectivity index (χ0v) is 13.8. The van der Waals surface area contributed by atoms with E-state index in [0.717, 1.165) is 28.5 Å². The first-order chi connectivity index (χ1) is 10.0. The highest BCUT2D eigenvalue weighted by Gasteiger charge is 2.17. The van der Waals surface area contributed by atoms with Crippen molar-refractivity contribution in [2.75, 3.05) is 5.73 Å². The van der Waals surface area contributed by atoms with Crippen molar-refractivity contribution in [3.63, 3.8) is 0 Å². The van der Waals surface area contributed by atoms with E-state index in [4.69, 9.17) is 10.7 Å². The number of thiazole rings is 1. The molecule has 0 saturated heterocycles. The van der Waals surface area contributed by atoms with E-state index in [2.05, 4.69) is 56.4 Å². The van der Waals surface area contributed by atoms with Crippen LogP contribution < -0.4 is 5.73 Å². The Hall–Kier alpha value is -1.81. The maximum atomic E-state index is 6.37. The minimum Gasteiger partial charge on any atom is -0.383 e. The normalized spacial score (nSPS) is 11.7. The number of nitrogen functional groups attached to an aromatic ring is 1. The van der Waals surface area contributed by atoms with Gasteiger partial charge in [-0.3, -0.25) is 4.40 Å². The van der Waals surface area contributed by atoms with Crippen LogP contribution in [0.5, 0.6) is 0 Å². The molecule has 0 aliphatic carbocycles. The lowest BCUT2D eigenvalue weighted by Crippen LogP contribution is -1.98. The Balaban J connectivity index is 2.12. The lowest BCUT2D eigenvalue weighted by atomic mass is 10.0. The fraction of sp³-hybridized carbons (Fsp3) is 0.353. The first kappa shape index (κ1) is 14.1. The van der Waals surface area contributed by atoms with Gasteiger partial charge in [-0.25, -0.2) is 4.98 Å². The van der Waals surface area contributed by atoms with Gasteiger partial charge in [-0.1, -0.05) is 45.0 Å². The summed E-state index contributed by atoms with van der Waals surface area (Å²) in [5, 5.41) is 0. The molecule has 2 N–H and O–H groups in total. The number of fused-ring (bicyclic) bond motifs is 1. The number of benzene rings is 1. The second-order valence-electron chi connectivity index (χ2n) is 5.70. The zero-order chi connectivity index (χ0) is 15.1. The number of hydrogen-bond donors (Lipinski definition) is 1. The van der Waals surface area contributed by atoms with Crippen LogP contribution in [0.1, 0.15) is 42.8 Å². The van der Waals surface area contributed by atoms with Crippen LogP contribution in [0.25, 0.3) is 16.2 Å². The molecule has 0 aliphatic heterocycles. The van der Waals surface area contributed by atoms with Crippen molar-refractivity contribution in [3.05, 3.63) is 40.4 Å². The maximum absolute atomic E-state index is 6.37. The third kappa shape index (κ3) is 2.23. The summed E-state index contributed by atoms with van der Waals surface area (Å²) in [4.78, 5) is 7.03. The van der Waals surface area contributed by atoms with Crippen molar-refractivity contribution in [1.82, 2.24) is 9.38 Å². The van der Waals surface area contributed by atoms with Gasteiger partial charge in [0.25, 0.3) is 0 Å². The molecule has 0 amide bonds. The Morgan fingerprint density at radius 1 is 1.24 bits per heavy atom. The van der Waals surface area contributed by atoms with Crippen LogP contribution in [-0.4, -0.2) is 9.38 Å². The number of nitrogens with zero attached hydrogens (tertiary/aromatic N) is 2. The van der Waals surface area contributed by atoms with Crippen LogP contribution in [0, 0.1) is 6.92 Å². The highest BCUT2D eigenvalue weighted by Crippen LogP contribution is 2.33. The van der Waals surface area contributed by atoms with Crippen LogP contribution in [-0.2, 0) is 6.42 Å². The molecule has 1 aromatic carbocycles. The van der Waals surface area contributed by atoms with Crippen molar-refractivity contribution in [3.8, 4) is 11.3 Å². The average Bonchev–Trinajstić information content (AvgIpc) is 2.94. The lowest BCUT2D eigenvalue weighted by Gasteiger charge is -2.06. The number of aromatic nitrogens is 2. The molecule has 0 saturated carbocycles. The summed E-state index contributed by atoms with van der Waals surface area (Å²) >= 11 is 1.71. The summed E-state index contributed by atoms with van der Waals surface area (Å²) in [6.07, 6.45) is 0.970. The molecule has 2 aromatic heterocycles.